The third kappa shape index (κ3) is 3.64. The number of aromatic nitrogens is 1. The van der Waals surface area contributed by atoms with Gasteiger partial charge in [-0.05, 0) is 48.0 Å². The van der Waals surface area contributed by atoms with E-state index in [9.17, 15) is 0 Å². The summed E-state index contributed by atoms with van der Waals surface area (Å²) in [6.07, 6.45) is 1.82. The molecule has 5 heteroatoms. The summed E-state index contributed by atoms with van der Waals surface area (Å²) in [7, 11) is 0. The number of thiazole rings is 1. The Hall–Kier alpha value is -1.36. The fourth-order valence-corrected chi connectivity index (χ4v) is 3.21. The van der Waals surface area contributed by atoms with Crippen LogP contribution in [0.5, 0.6) is 0 Å². The van der Waals surface area contributed by atoms with E-state index in [0.717, 1.165) is 31.3 Å². The summed E-state index contributed by atoms with van der Waals surface area (Å²) in [5.41, 5.74) is 3.26. The van der Waals surface area contributed by atoms with Gasteiger partial charge in [0.25, 0.3) is 0 Å². The lowest BCUT2D eigenvalue weighted by atomic mass is 10.2. The van der Waals surface area contributed by atoms with Crippen LogP contribution < -0.4 is 5.32 Å². The van der Waals surface area contributed by atoms with Gasteiger partial charge in [-0.2, -0.15) is 0 Å². The highest BCUT2D eigenvalue weighted by atomic mass is 79.9. The van der Waals surface area contributed by atoms with Gasteiger partial charge in [-0.3, -0.25) is 0 Å². The zero-order valence-corrected chi connectivity index (χ0v) is 14.2. The Balaban J connectivity index is 1.70. The molecule has 1 heterocycles. The van der Waals surface area contributed by atoms with Crippen LogP contribution >= 0.6 is 38.9 Å². The average molecular weight is 380 g/mol. The summed E-state index contributed by atoms with van der Waals surface area (Å²) in [6, 6.07) is 14.1. The van der Waals surface area contributed by atoms with Gasteiger partial charge in [-0.1, -0.05) is 27.5 Å². The fourth-order valence-electron chi connectivity index (χ4n) is 1.97. The Kier molecular flexibility index (Phi) is 4.58. The quantitative estimate of drug-likeness (QED) is 0.616. The number of halogens is 2. The van der Waals surface area contributed by atoms with Crippen molar-refractivity contribution in [2.45, 2.75) is 6.54 Å². The molecule has 0 saturated carbocycles. The second-order valence-corrected chi connectivity index (χ2v) is 6.72. The highest BCUT2D eigenvalue weighted by molar-refractivity contribution is 9.10. The van der Waals surface area contributed by atoms with Crippen molar-refractivity contribution in [1.29, 1.82) is 0 Å². The molecule has 0 bridgehead atoms. The Morgan fingerprint density at radius 2 is 1.95 bits per heavy atom. The molecule has 3 aromatic rings. The van der Waals surface area contributed by atoms with Crippen molar-refractivity contribution in [1.82, 2.24) is 4.98 Å². The molecule has 0 fully saturated rings. The Bertz CT molecular complexity index is 727. The van der Waals surface area contributed by atoms with Crippen molar-refractivity contribution in [3.63, 3.8) is 0 Å². The number of anilines is 1. The standard InChI is InChI=1S/C16H12BrClN2S/c17-13-3-6-15(18)12(9-13)10-20-14-4-1-11(2-5-14)16-19-7-8-21-16/h1-9,20H,10H2. The van der Waals surface area contributed by atoms with Crippen molar-refractivity contribution >= 4 is 44.6 Å². The van der Waals surface area contributed by atoms with Gasteiger partial charge in [0.2, 0.25) is 0 Å². The molecule has 0 atom stereocenters. The van der Waals surface area contributed by atoms with E-state index in [1.165, 1.54) is 0 Å². The summed E-state index contributed by atoms with van der Waals surface area (Å²) in [5, 5.41) is 7.17. The molecule has 106 valence electrons. The van der Waals surface area contributed by atoms with Crippen molar-refractivity contribution in [3.05, 3.63) is 69.1 Å². The maximum Gasteiger partial charge on any atom is 0.123 e. The lowest BCUT2D eigenvalue weighted by Gasteiger charge is -2.09. The molecule has 0 amide bonds. The van der Waals surface area contributed by atoms with Crippen LogP contribution in [0.1, 0.15) is 5.56 Å². The predicted octanol–water partition coefficient (Wildman–Crippen LogP) is 5.84. The summed E-state index contributed by atoms with van der Waals surface area (Å²) in [4.78, 5) is 4.31. The maximum absolute atomic E-state index is 6.19. The van der Waals surface area contributed by atoms with Crippen LogP contribution in [0.3, 0.4) is 0 Å². The number of benzene rings is 2. The third-order valence-corrected chi connectivity index (χ3v) is 4.74. The van der Waals surface area contributed by atoms with E-state index in [4.69, 9.17) is 11.6 Å². The van der Waals surface area contributed by atoms with E-state index in [1.807, 2.05) is 29.8 Å². The second-order valence-electron chi connectivity index (χ2n) is 4.50. The van der Waals surface area contributed by atoms with E-state index in [1.54, 1.807) is 11.3 Å². The first-order valence-electron chi connectivity index (χ1n) is 6.40. The molecular formula is C16H12BrClN2S. The van der Waals surface area contributed by atoms with Gasteiger partial charge in [-0.15, -0.1) is 11.3 Å². The number of nitrogens with one attached hydrogen (secondary N) is 1. The molecule has 0 unspecified atom stereocenters. The topological polar surface area (TPSA) is 24.9 Å². The zero-order valence-electron chi connectivity index (χ0n) is 11.0. The fraction of sp³-hybridized carbons (Fsp3) is 0.0625. The highest BCUT2D eigenvalue weighted by Crippen LogP contribution is 2.25. The molecule has 0 aliphatic heterocycles. The monoisotopic (exact) mass is 378 g/mol. The summed E-state index contributed by atoms with van der Waals surface area (Å²) < 4.78 is 1.03. The van der Waals surface area contributed by atoms with Crippen molar-refractivity contribution in [2.24, 2.45) is 0 Å². The van der Waals surface area contributed by atoms with E-state index in [2.05, 4.69) is 50.5 Å². The first kappa shape index (κ1) is 14.6. The van der Waals surface area contributed by atoms with E-state index < -0.39 is 0 Å². The zero-order chi connectivity index (χ0) is 14.7. The van der Waals surface area contributed by atoms with Crippen LogP contribution in [-0.4, -0.2) is 4.98 Å². The molecule has 0 spiro atoms. The highest BCUT2D eigenvalue weighted by Gasteiger charge is 2.03. The van der Waals surface area contributed by atoms with Crippen LogP contribution in [-0.2, 0) is 6.54 Å². The van der Waals surface area contributed by atoms with Gasteiger partial charge in [0, 0.05) is 38.9 Å². The molecule has 0 aliphatic carbocycles. The van der Waals surface area contributed by atoms with Gasteiger partial charge < -0.3 is 5.32 Å². The third-order valence-electron chi connectivity index (χ3n) is 3.05. The lowest BCUT2D eigenvalue weighted by Crippen LogP contribution is -2.00. The van der Waals surface area contributed by atoms with Crippen LogP contribution in [0.25, 0.3) is 10.6 Å². The second kappa shape index (κ2) is 6.60. The number of hydrogen-bond acceptors (Lipinski definition) is 3. The largest absolute Gasteiger partial charge is 0.381 e. The van der Waals surface area contributed by atoms with Crippen LogP contribution in [0.15, 0.2) is 58.5 Å². The summed E-state index contributed by atoms with van der Waals surface area (Å²) in [5.74, 6) is 0. The molecule has 0 saturated heterocycles. The average Bonchev–Trinajstić information content (AvgIpc) is 3.03. The van der Waals surface area contributed by atoms with E-state index in [0.29, 0.717) is 6.54 Å². The number of hydrogen-bond donors (Lipinski definition) is 1. The molecule has 21 heavy (non-hydrogen) atoms. The first-order chi connectivity index (χ1) is 10.2. The molecule has 2 nitrogen and oxygen atoms in total. The minimum Gasteiger partial charge on any atom is -0.381 e. The minimum absolute atomic E-state index is 0.689. The molecular weight excluding hydrogens is 368 g/mol. The van der Waals surface area contributed by atoms with Crippen LogP contribution in [0, 0.1) is 0 Å². The van der Waals surface area contributed by atoms with Gasteiger partial charge in [0.1, 0.15) is 5.01 Å². The van der Waals surface area contributed by atoms with Crippen molar-refractivity contribution in [2.75, 3.05) is 5.32 Å². The maximum atomic E-state index is 6.19. The molecule has 2 aromatic carbocycles. The molecule has 0 aliphatic rings. The van der Waals surface area contributed by atoms with Crippen molar-refractivity contribution in [3.8, 4) is 10.6 Å². The molecule has 1 aromatic heterocycles. The number of nitrogens with zero attached hydrogens (tertiary/aromatic N) is 1. The SMILES string of the molecule is Clc1ccc(Br)cc1CNc1ccc(-c2nccs2)cc1. The van der Waals surface area contributed by atoms with Gasteiger partial charge in [-0.25, -0.2) is 4.98 Å². The van der Waals surface area contributed by atoms with E-state index in [-0.39, 0.29) is 0 Å². The normalized spacial score (nSPS) is 10.6. The van der Waals surface area contributed by atoms with Crippen LogP contribution in [0.4, 0.5) is 5.69 Å². The smallest absolute Gasteiger partial charge is 0.123 e. The Morgan fingerprint density at radius 1 is 1.14 bits per heavy atom. The van der Waals surface area contributed by atoms with Gasteiger partial charge >= 0.3 is 0 Å². The van der Waals surface area contributed by atoms with E-state index >= 15 is 0 Å². The predicted molar refractivity (Wildman–Crippen MR) is 94.0 cm³/mol. The minimum atomic E-state index is 0.689. The molecule has 0 radical (unpaired) electrons. The molecule has 3 rings (SSSR count). The van der Waals surface area contributed by atoms with Gasteiger partial charge in [0.05, 0.1) is 0 Å². The first-order valence-corrected chi connectivity index (χ1v) is 8.45. The summed E-state index contributed by atoms with van der Waals surface area (Å²) >= 11 is 11.3. The van der Waals surface area contributed by atoms with Crippen LogP contribution in [0.2, 0.25) is 5.02 Å². The van der Waals surface area contributed by atoms with Gasteiger partial charge in [0.15, 0.2) is 0 Å². The summed E-state index contributed by atoms with van der Waals surface area (Å²) in [6.45, 7) is 0.689. The molecule has 1 N–H and O–H groups in total. The Morgan fingerprint density at radius 3 is 2.67 bits per heavy atom. The van der Waals surface area contributed by atoms with Crippen molar-refractivity contribution < 1.29 is 0 Å². The number of rotatable bonds is 4. The lowest BCUT2D eigenvalue weighted by molar-refractivity contribution is 1.15. The Labute approximate surface area is 140 Å².